The molecule has 2 aromatic carbocycles. The zero-order valence-electron chi connectivity index (χ0n) is 19.4. The second-order valence-corrected chi connectivity index (χ2v) is 8.61. The zero-order chi connectivity index (χ0) is 24.4. The van der Waals surface area contributed by atoms with E-state index in [0.29, 0.717) is 30.0 Å². The molecule has 9 heteroatoms. The summed E-state index contributed by atoms with van der Waals surface area (Å²) in [6.45, 7) is 4.43. The third-order valence-corrected chi connectivity index (χ3v) is 6.15. The van der Waals surface area contributed by atoms with Crippen LogP contribution in [0.3, 0.4) is 0 Å². The number of para-hydroxylation sites is 1. The fraction of sp³-hybridized carbons (Fsp3) is 0.231. The molecule has 0 atom stereocenters. The number of pyridine rings is 1. The summed E-state index contributed by atoms with van der Waals surface area (Å²) in [4.78, 5) is 42.5. The van der Waals surface area contributed by atoms with E-state index in [-0.39, 0.29) is 18.4 Å². The standard InChI is InChI=1S/C26H26N6O3/c1-19-6-5-7-21(16-19)27-25(34)20-10-11-23-28-32(26(35)31(23)17-20)18-24(33)30-14-12-29(13-15-30)22-8-3-2-4-9-22/h2-11,16-17H,12-15,18H2,1H3,(H,27,34). The van der Waals surface area contributed by atoms with Gasteiger partial charge in [0, 0.05) is 43.8 Å². The lowest BCUT2D eigenvalue weighted by atomic mass is 10.2. The van der Waals surface area contributed by atoms with E-state index < -0.39 is 5.69 Å². The van der Waals surface area contributed by atoms with Crippen molar-refractivity contribution in [1.82, 2.24) is 19.1 Å². The van der Waals surface area contributed by atoms with Gasteiger partial charge in [0.05, 0.1) is 5.56 Å². The van der Waals surface area contributed by atoms with Gasteiger partial charge in [-0.3, -0.25) is 9.59 Å². The zero-order valence-corrected chi connectivity index (χ0v) is 19.4. The molecule has 1 fully saturated rings. The Kier molecular flexibility index (Phi) is 6.05. The van der Waals surface area contributed by atoms with Gasteiger partial charge in [-0.05, 0) is 48.9 Å². The Hall–Kier alpha value is -4.40. The van der Waals surface area contributed by atoms with Crippen LogP contribution in [0, 0.1) is 6.92 Å². The third-order valence-electron chi connectivity index (χ3n) is 6.15. The normalized spacial score (nSPS) is 13.7. The SMILES string of the molecule is Cc1cccc(NC(=O)c2ccc3nn(CC(=O)N4CCN(c5ccccc5)CC4)c(=O)n3c2)c1. The molecule has 3 heterocycles. The maximum atomic E-state index is 12.9. The molecular weight excluding hydrogens is 444 g/mol. The fourth-order valence-electron chi connectivity index (χ4n) is 4.26. The average Bonchev–Trinajstić information content (AvgIpc) is 3.19. The van der Waals surface area contributed by atoms with E-state index in [1.54, 1.807) is 23.1 Å². The minimum atomic E-state index is -0.457. The minimum absolute atomic E-state index is 0.142. The van der Waals surface area contributed by atoms with Crippen LogP contribution < -0.4 is 15.9 Å². The molecule has 1 aliphatic rings. The molecule has 0 radical (unpaired) electrons. The number of benzene rings is 2. The molecule has 1 aliphatic heterocycles. The number of hydrogen-bond donors (Lipinski definition) is 1. The van der Waals surface area contributed by atoms with E-state index in [1.807, 2.05) is 43.3 Å². The van der Waals surface area contributed by atoms with Crippen molar-refractivity contribution in [2.45, 2.75) is 13.5 Å². The lowest BCUT2D eigenvalue weighted by Gasteiger charge is -2.36. The van der Waals surface area contributed by atoms with Gasteiger partial charge in [0.25, 0.3) is 5.91 Å². The van der Waals surface area contributed by atoms with Crippen molar-refractivity contribution in [3.8, 4) is 0 Å². The summed E-state index contributed by atoms with van der Waals surface area (Å²) in [6, 6.07) is 20.8. The highest BCUT2D eigenvalue weighted by molar-refractivity contribution is 6.04. The lowest BCUT2D eigenvalue weighted by molar-refractivity contribution is -0.132. The largest absolute Gasteiger partial charge is 0.368 e. The first kappa shape index (κ1) is 22.4. The van der Waals surface area contributed by atoms with Crippen molar-refractivity contribution in [3.63, 3.8) is 0 Å². The van der Waals surface area contributed by atoms with Crippen LogP contribution in [0.15, 0.2) is 77.7 Å². The predicted octanol–water partition coefficient (Wildman–Crippen LogP) is 2.41. The second kappa shape index (κ2) is 9.46. The molecular formula is C26H26N6O3. The number of fused-ring (bicyclic) bond motifs is 1. The van der Waals surface area contributed by atoms with Gasteiger partial charge in [0.2, 0.25) is 5.91 Å². The van der Waals surface area contributed by atoms with Crippen LogP contribution in [0.2, 0.25) is 0 Å². The summed E-state index contributed by atoms with van der Waals surface area (Å²) < 4.78 is 2.45. The molecule has 0 saturated carbocycles. The molecule has 9 nitrogen and oxygen atoms in total. The number of nitrogens with one attached hydrogen (secondary N) is 1. The van der Waals surface area contributed by atoms with Crippen LogP contribution in [0.1, 0.15) is 15.9 Å². The Morgan fingerprint density at radius 2 is 1.71 bits per heavy atom. The number of anilines is 2. The van der Waals surface area contributed by atoms with E-state index in [4.69, 9.17) is 0 Å². The second-order valence-electron chi connectivity index (χ2n) is 8.61. The van der Waals surface area contributed by atoms with Crippen molar-refractivity contribution in [2.75, 3.05) is 36.4 Å². The molecule has 0 bridgehead atoms. The van der Waals surface area contributed by atoms with Gasteiger partial charge in [-0.2, -0.15) is 0 Å². The molecule has 1 N–H and O–H groups in total. The number of nitrogens with zero attached hydrogens (tertiary/aromatic N) is 5. The molecule has 4 aromatic rings. The van der Waals surface area contributed by atoms with Crippen molar-refractivity contribution in [1.29, 1.82) is 0 Å². The first-order chi connectivity index (χ1) is 17.0. The van der Waals surface area contributed by atoms with Crippen LogP contribution in [0.25, 0.3) is 5.65 Å². The molecule has 1 saturated heterocycles. The van der Waals surface area contributed by atoms with Crippen LogP contribution in [0.4, 0.5) is 11.4 Å². The molecule has 178 valence electrons. The summed E-state index contributed by atoms with van der Waals surface area (Å²) in [7, 11) is 0. The van der Waals surface area contributed by atoms with E-state index in [2.05, 4.69) is 27.4 Å². The van der Waals surface area contributed by atoms with Gasteiger partial charge in [-0.25, -0.2) is 13.9 Å². The number of aromatic nitrogens is 3. The molecule has 0 aliphatic carbocycles. The summed E-state index contributed by atoms with van der Waals surface area (Å²) in [6.07, 6.45) is 1.45. The number of carbonyl (C=O) groups is 2. The summed E-state index contributed by atoms with van der Waals surface area (Å²) >= 11 is 0. The Morgan fingerprint density at radius 3 is 2.46 bits per heavy atom. The molecule has 0 spiro atoms. The number of hydrogen-bond acceptors (Lipinski definition) is 5. The summed E-state index contributed by atoms with van der Waals surface area (Å²) in [5, 5.41) is 7.12. The Balaban J connectivity index is 1.26. The van der Waals surface area contributed by atoms with E-state index >= 15 is 0 Å². The average molecular weight is 471 g/mol. The maximum Gasteiger partial charge on any atom is 0.350 e. The van der Waals surface area contributed by atoms with E-state index in [0.717, 1.165) is 29.0 Å². The van der Waals surface area contributed by atoms with Crippen LogP contribution >= 0.6 is 0 Å². The molecule has 0 unspecified atom stereocenters. The number of rotatable bonds is 5. The number of carbonyl (C=O) groups excluding carboxylic acids is 2. The predicted molar refractivity (Wildman–Crippen MR) is 134 cm³/mol. The number of aryl methyl sites for hydroxylation is 1. The molecule has 2 aromatic heterocycles. The first-order valence-electron chi connectivity index (χ1n) is 11.5. The van der Waals surface area contributed by atoms with Gasteiger partial charge in [-0.1, -0.05) is 30.3 Å². The summed E-state index contributed by atoms with van der Waals surface area (Å²) in [5.41, 5.74) is 3.09. The first-order valence-corrected chi connectivity index (χ1v) is 11.5. The Bertz CT molecular complexity index is 1430. The Labute approximate surface area is 202 Å². The fourth-order valence-corrected chi connectivity index (χ4v) is 4.26. The topological polar surface area (TPSA) is 91.9 Å². The molecule has 5 rings (SSSR count). The van der Waals surface area contributed by atoms with Gasteiger partial charge < -0.3 is 15.1 Å². The van der Waals surface area contributed by atoms with Crippen molar-refractivity contribution >= 4 is 28.8 Å². The molecule has 35 heavy (non-hydrogen) atoms. The van der Waals surface area contributed by atoms with Crippen LogP contribution in [0.5, 0.6) is 0 Å². The quantitative estimate of drug-likeness (QED) is 0.484. The monoisotopic (exact) mass is 470 g/mol. The minimum Gasteiger partial charge on any atom is -0.368 e. The van der Waals surface area contributed by atoms with Gasteiger partial charge >= 0.3 is 5.69 Å². The highest BCUT2D eigenvalue weighted by Crippen LogP contribution is 2.16. The summed E-state index contributed by atoms with van der Waals surface area (Å²) in [5.74, 6) is -0.481. The van der Waals surface area contributed by atoms with E-state index in [9.17, 15) is 14.4 Å². The third kappa shape index (κ3) is 4.79. The lowest BCUT2D eigenvalue weighted by Crippen LogP contribution is -2.50. The highest BCUT2D eigenvalue weighted by atomic mass is 16.2. The highest BCUT2D eigenvalue weighted by Gasteiger charge is 2.23. The number of piperazine rings is 1. The van der Waals surface area contributed by atoms with Gasteiger partial charge in [-0.15, -0.1) is 5.10 Å². The van der Waals surface area contributed by atoms with Crippen molar-refractivity contribution in [3.05, 3.63) is 94.5 Å². The number of amides is 2. The van der Waals surface area contributed by atoms with E-state index in [1.165, 1.54) is 10.6 Å². The van der Waals surface area contributed by atoms with Gasteiger partial charge in [0.15, 0.2) is 5.65 Å². The van der Waals surface area contributed by atoms with Crippen LogP contribution in [-0.2, 0) is 11.3 Å². The van der Waals surface area contributed by atoms with Crippen molar-refractivity contribution < 1.29 is 9.59 Å². The van der Waals surface area contributed by atoms with Crippen LogP contribution in [-0.4, -0.2) is 57.1 Å². The van der Waals surface area contributed by atoms with Crippen molar-refractivity contribution in [2.24, 2.45) is 0 Å². The van der Waals surface area contributed by atoms with Gasteiger partial charge in [0.1, 0.15) is 6.54 Å². The smallest absolute Gasteiger partial charge is 0.350 e. The maximum absolute atomic E-state index is 12.9. The molecule has 2 amide bonds. The Morgan fingerprint density at radius 1 is 0.943 bits per heavy atom.